The van der Waals surface area contributed by atoms with Crippen LogP contribution in [0.2, 0.25) is 5.02 Å². The average molecular weight is 446 g/mol. The first-order chi connectivity index (χ1) is 10.5. The van der Waals surface area contributed by atoms with E-state index in [4.69, 9.17) is 16.3 Å². The van der Waals surface area contributed by atoms with Crippen molar-refractivity contribution >= 4 is 49.1 Å². The standard InChI is InChI=1S/C17H16Br2ClNO/c1-3-6-22-17-14(18)7-12(8-15(17)19)10-21-16-9-13(20)5-4-11(16)2/h3-5,7-9,21H,1,6,10H2,2H3. The summed E-state index contributed by atoms with van der Waals surface area (Å²) in [6, 6.07) is 9.90. The van der Waals surface area contributed by atoms with Crippen LogP contribution in [-0.2, 0) is 6.54 Å². The highest BCUT2D eigenvalue weighted by Gasteiger charge is 2.09. The van der Waals surface area contributed by atoms with Gasteiger partial charge < -0.3 is 10.1 Å². The molecule has 2 aromatic rings. The lowest BCUT2D eigenvalue weighted by atomic mass is 10.1. The molecule has 0 fully saturated rings. The second-order valence-electron chi connectivity index (χ2n) is 4.80. The number of nitrogens with one attached hydrogen (secondary N) is 1. The van der Waals surface area contributed by atoms with Crippen molar-refractivity contribution in [1.82, 2.24) is 0 Å². The fourth-order valence-electron chi connectivity index (χ4n) is 1.98. The quantitative estimate of drug-likeness (QED) is 0.523. The number of aryl methyl sites for hydroxylation is 1. The Hall–Kier alpha value is -0.970. The highest BCUT2D eigenvalue weighted by molar-refractivity contribution is 9.11. The number of hydrogen-bond donors (Lipinski definition) is 1. The van der Waals surface area contributed by atoms with Gasteiger partial charge in [0.2, 0.25) is 0 Å². The van der Waals surface area contributed by atoms with Gasteiger partial charge in [0.05, 0.1) is 8.95 Å². The predicted octanol–water partition coefficient (Wildman–Crippen LogP) is 6.35. The monoisotopic (exact) mass is 443 g/mol. The summed E-state index contributed by atoms with van der Waals surface area (Å²) in [4.78, 5) is 0. The van der Waals surface area contributed by atoms with Gasteiger partial charge in [0.25, 0.3) is 0 Å². The lowest BCUT2D eigenvalue weighted by molar-refractivity contribution is 0.358. The second kappa shape index (κ2) is 8.04. The van der Waals surface area contributed by atoms with Crippen molar-refractivity contribution in [3.05, 3.63) is 68.1 Å². The van der Waals surface area contributed by atoms with E-state index < -0.39 is 0 Å². The third kappa shape index (κ3) is 4.51. The van der Waals surface area contributed by atoms with Crippen LogP contribution in [0.3, 0.4) is 0 Å². The number of halogens is 3. The molecule has 2 aromatic carbocycles. The maximum atomic E-state index is 6.04. The Morgan fingerprint density at radius 1 is 1.23 bits per heavy atom. The van der Waals surface area contributed by atoms with E-state index in [2.05, 4.69) is 50.7 Å². The van der Waals surface area contributed by atoms with Crippen molar-refractivity contribution in [3.63, 3.8) is 0 Å². The van der Waals surface area contributed by atoms with Gasteiger partial charge in [0, 0.05) is 17.3 Å². The minimum absolute atomic E-state index is 0.469. The molecule has 0 aliphatic heterocycles. The zero-order valence-electron chi connectivity index (χ0n) is 12.1. The zero-order chi connectivity index (χ0) is 16.1. The second-order valence-corrected chi connectivity index (χ2v) is 6.95. The topological polar surface area (TPSA) is 21.3 Å². The molecule has 0 radical (unpaired) electrons. The fourth-order valence-corrected chi connectivity index (χ4v) is 3.66. The van der Waals surface area contributed by atoms with Gasteiger partial charge >= 0.3 is 0 Å². The Kier molecular flexibility index (Phi) is 6.36. The molecule has 2 nitrogen and oxygen atoms in total. The highest BCUT2D eigenvalue weighted by atomic mass is 79.9. The van der Waals surface area contributed by atoms with E-state index in [0.29, 0.717) is 13.2 Å². The molecule has 116 valence electrons. The first-order valence-electron chi connectivity index (χ1n) is 6.73. The lowest BCUT2D eigenvalue weighted by Gasteiger charge is -2.13. The Morgan fingerprint density at radius 3 is 2.55 bits per heavy atom. The van der Waals surface area contributed by atoms with Crippen LogP contribution in [-0.4, -0.2) is 6.61 Å². The summed E-state index contributed by atoms with van der Waals surface area (Å²) >= 11 is 13.1. The van der Waals surface area contributed by atoms with Gasteiger partial charge in [0.1, 0.15) is 12.4 Å². The van der Waals surface area contributed by atoms with E-state index in [1.54, 1.807) is 6.08 Å². The molecule has 0 saturated carbocycles. The molecule has 0 spiro atoms. The molecule has 0 aromatic heterocycles. The highest BCUT2D eigenvalue weighted by Crippen LogP contribution is 2.35. The van der Waals surface area contributed by atoms with Gasteiger partial charge in [-0.25, -0.2) is 0 Å². The van der Waals surface area contributed by atoms with Gasteiger partial charge in [-0.05, 0) is 74.2 Å². The van der Waals surface area contributed by atoms with Gasteiger partial charge in [-0.3, -0.25) is 0 Å². The number of benzene rings is 2. The minimum atomic E-state index is 0.469. The summed E-state index contributed by atoms with van der Waals surface area (Å²) in [6.07, 6.45) is 1.72. The molecule has 0 aliphatic carbocycles. The summed E-state index contributed by atoms with van der Waals surface area (Å²) in [7, 11) is 0. The predicted molar refractivity (Wildman–Crippen MR) is 101 cm³/mol. The summed E-state index contributed by atoms with van der Waals surface area (Å²) in [5, 5.41) is 4.13. The fraction of sp³-hybridized carbons (Fsp3) is 0.176. The Bertz CT molecular complexity index is 665. The van der Waals surface area contributed by atoms with Gasteiger partial charge in [-0.2, -0.15) is 0 Å². The van der Waals surface area contributed by atoms with Crippen LogP contribution in [0, 0.1) is 6.92 Å². The van der Waals surface area contributed by atoms with E-state index >= 15 is 0 Å². The Labute approximate surface area is 152 Å². The zero-order valence-corrected chi connectivity index (χ0v) is 16.1. The van der Waals surface area contributed by atoms with E-state index in [-0.39, 0.29) is 0 Å². The molecule has 0 aliphatic rings. The van der Waals surface area contributed by atoms with E-state index in [1.165, 1.54) is 0 Å². The largest absolute Gasteiger partial charge is 0.487 e. The molecule has 1 N–H and O–H groups in total. The normalized spacial score (nSPS) is 10.4. The van der Waals surface area contributed by atoms with Crippen LogP contribution in [0.4, 0.5) is 5.69 Å². The minimum Gasteiger partial charge on any atom is -0.487 e. The molecule has 22 heavy (non-hydrogen) atoms. The molecular formula is C17H16Br2ClNO. The van der Waals surface area contributed by atoms with Crippen molar-refractivity contribution < 1.29 is 4.74 Å². The van der Waals surface area contributed by atoms with Crippen LogP contribution < -0.4 is 10.1 Å². The molecule has 0 atom stereocenters. The van der Waals surface area contributed by atoms with Gasteiger partial charge in [-0.1, -0.05) is 30.3 Å². The summed E-state index contributed by atoms with van der Waals surface area (Å²) in [5.74, 6) is 0.780. The maximum absolute atomic E-state index is 6.04. The Balaban J connectivity index is 2.13. The van der Waals surface area contributed by atoms with Crippen molar-refractivity contribution in [2.24, 2.45) is 0 Å². The van der Waals surface area contributed by atoms with Crippen LogP contribution in [0.25, 0.3) is 0 Å². The molecular weight excluding hydrogens is 429 g/mol. The molecule has 5 heteroatoms. The van der Waals surface area contributed by atoms with Crippen LogP contribution >= 0.6 is 43.5 Å². The van der Waals surface area contributed by atoms with E-state index in [1.807, 2.05) is 30.3 Å². The van der Waals surface area contributed by atoms with Crippen molar-refractivity contribution in [1.29, 1.82) is 0 Å². The van der Waals surface area contributed by atoms with E-state index in [0.717, 1.165) is 36.5 Å². The molecule has 0 amide bonds. The van der Waals surface area contributed by atoms with Crippen LogP contribution in [0.1, 0.15) is 11.1 Å². The third-order valence-corrected chi connectivity index (χ3v) is 4.50. The molecule has 2 rings (SSSR count). The van der Waals surface area contributed by atoms with Crippen molar-refractivity contribution in [2.75, 3.05) is 11.9 Å². The molecule has 0 heterocycles. The maximum Gasteiger partial charge on any atom is 0.148 e. The SMILES string of the molecule is C=CCOc1c(Br)cc(CNc2cc(Cl)ccc2C)cc1Br. The first kappa shape index (κ1) is 17.4. The number of ether oxygens (including phenoxy) is 1. The van der Waals surface area contributed by atoms with Gasteiger partial charge in [0.15, 0.2) is 0 Å². The van der Waals surface area contributed by atoms with Crippen molar-refractivity contribution in [3.8, 4) is 5.75 Å². The average Bonchev–Trinajstić information content (AvgIpc) is 2.47. The summed E-state index contributed by atoms with van der Waals surface area (Å²) < 4.78 is 7.43. The molecule has 0 bridgehead atoms. The van der Waals surface area contributed by atoms with Gasteiger partial charge in [-0.15, -0.1) is 0 Å². The number of rotatable bonds is 6. The summed E-state index contributed by atoms with van der Waals surface area (Å²) in [5.41, 5.74) is 3.32. The first-order valence-corrected chi connectivity index (χ1v) is 8.69. The molecule has 0 saturated heterocycles. The van der Waals surface area contributed by atoms with Crippen molar-refractivity contribution in [2.45, 2.75) is 13.5 Å². The lowest BCUT2D eigenvalue weighted by Crippen LogP contribution is -2.02. The number of hydrogen-bond acceptors (Lipinski definition) is 2. The summed E-state index contributed by atoms with van der Waals surface area (Å²) in [6.45, 7) is 6.87. The number of anilines is 1. The van der Waals surface area contributed by atoms with Crippen LogP contribution in [0.15, 0.2) is 51.9 Å². The van der Waals surface area contributed by atoms with E-state index in [9.17, 15) is 0 Å². The molecule has 0 unspecified atom stereocenters. The third-order valence-electron chi connectivity index (χ3n) is 3.09. The Morgan fingerprint density at radius 2 is 1.91 bits per heavy atom. The van der Waals surface area contributed by atoms with Crippen LogP contribution in [0.5, 0.6) is 5.75 Å². The smallest absolute Gasteiger partial charge is 0.148 e.